The average Bonchev–Trinajstić information content (AvgIpc) is 2.54. The van der Waals surface area contributed by atoms with Crippen LogP contribution >= 0.6 is 11.3 Å². The molecule has 7 nitrogen and oxygen atoms in total. The highest BCUT2D eigenvalue weighted by Crippen LogP contribution is 2.27. The number of aliphatic carboxylic acids is 1. The van der Waals surface area contributed by atoms with Gasteiger partial charge in [0.1, 0.15) is 6.04 Å². The molecule has 0 aliphatic heterocycles. The number of rotatable bonds is 5. The molecule has 1 aromatic rings. The molecule has 1 rings (SSSR count). The number of nitrogens with two attached hydrogens (primary N) is 1. The maximum Gasteiger partial charge on any atom is 0.326 e. The summed E-state index contributed by atoms with van der Waals surface area (Å²) in [6, 6.07) is -0.830. The third-order valence-corrected chi connectivity index (χ3v) is 4.87. The number of nitrogens with zero attached hydrogens (tertiary/aromatic N) is 1. The van der Waals surface area contributed by atoms with Gasteiger partial charge in [0.25, 0.3) is 0 Å². The van der Waals surface area contributed by atoms with Crippen LogP contribution in [0, 0.1) is 12.8 Å². The van der Waals surface area contributed by atoms with Gasteiger partial charge < -0.3 is 10.4 Å². The van der Waals surface area contributed by atoms with Crippen LogP contribution in [0.25, 0.3) is 0 Å². The number of carbonyl (C=O) groups is 1. The van der Waals surface area contributed by atoms with Crippen molar-refractivity contribution in [3.05, 3.63) is 5.69 Å². The Morgan fingerprint density at radius 3 is 2.39 bits per heavy atom. The molecule has 9 heteroatoms. The first-order valence-electron chi connectivity index (χ1n) is 5.12. The van der Waals surface area contributed by atoms with E-state index in [1.54, 1.807) is 13.8 Å². The van der Waals surface area contributed by atoms with E-state index in [9.17, 15) is 13.2 Å². The molecule has 0 fully saturated rings. The first-order valence-corrected chi connectivity index (χ1v) is 7.48. The third-order valence-electron chi connectivity index (χ3n) is 2.22. The number of aryl methyl sites for hydroxylation is 1. The van der Waals surface area contributed by atoms with E-state index >= 15 is 0 Å². The van der Waals surface area contributed by atoms with Crippen LogP contribution < -0.4 is 10.5 Å². The fourth-order valence-corrected chi connectivity index (χ4v) is 3.25. The van der Waals surface area contributed by atoms with Crippen molar-refractivity contribution in [2.24, 2.45) is 11.1 Å². The predicted octanol–water partition coefficient (Wildman–Crippen LogP) is 0.620. The van der Waals surface area contributed by atoms with Crippen molar-refractivity contribution in [3.8, 4) is 0 Å². The van der Waals surface area contributed by atoms with E-state index in [1.807, 2.05) is 0 Å². The standard InChI is InChI=1S/C9H15N3O4S2/c1-4(2)6(7(13)14)12-9-11-5(3)8(17-9)18(10,15)16/h4,6H,1-3H3,(H,11,12)(H,13,14)(H2,10,15,16)/t6-/m1/s1. The molecule has 4 N–H and O–H groups in total. The Hall–Kier alpha value is -1.19. The van der Waals surface area contributed by atoms with Gasteiger partial charge in [-0.25, -0.2) is 23.3 Å². The van der Waals surface area contributed by atoms with Crippen molar-refractivity contribution >= 4 is 32.5 Å². The molecule has 1 heterocycles. The molecule has 18 heavy (non-hydrogen) atoms. The van der Waals surface area contributed by atoms with Crippen LogP contribution in [-0.4, -0.2) is 30.5 Å². The summed E-state index contributed by atoms with van der Waals surface area (Å²) in [6.07, 6.45) is 0. The highest BCUT2D eigenvalue weighted by molar-refractivity contribution is 7.91. The van der Waals surface area contributed by atoms with Gasteiger partial charge in [-0.1, -0.05) is 25.2 Å². The second kappa shape index (κ2) is 5.21. The van der Waals surface area contributed by atoms with Gasteiger partial charge in [-0.3, -0.25) is 0 Å². The van der Waals surface area contributed by atoms with Crippen molar-refractivity contribution in [1.82, 2.24) is 4.98 Å². The van der Waals surface area contributed by atoms with E-state index in [0.717, 1.165) is 11.3 Å². The monoisotopic (exact) mass is 293 g/mol. The molecule has 0 unspecified atom stereocenters. The fraction of sp³-hybridized carbons (Fsp3) is 0.556. The molecule has 0 aliphatic carbocycles. The lowest BCUT2D eigenvalue weighted by atomic mass is 10.1. The van der Waals surface area contributed by atoms with Gasteiger partial charge in [-0.15, -0.1) is 0 Å². The normalized spacial score (nSPS) is 13.6. The van der Waals surface area contributed by atoms with E-state index in [4.69, 9.17) is 10.2 Å². The molecule has 0 radical (unpaired) electrons. The summed E-state index contributed by atoms with van der Waals surface area (Å²) in [5.41, 5.74) is 0.262. The lowest BCUT2D eigenvalue weighted by Gasteiger charge is -2.16. The molecule has 0 spiro atoms. The number of thiazole rings is 1. The molecule has 0 bridgehead atoms. The number of hydrogen-bond acceptors (Lipinski definition) is 6. The molecule has 0 aromatic carbocycles. The molecule has 0 saturated carbocycles. The van der Waals surface area contributed by atoms with Gasteiger partial charge in [0.05, 0.1) is 5.69 Å². The highest BCUT2D eigenvalue weighted by Gasteiger charge is 2.24. The molecule has 0 aliphatic rings. The van der Waals surface area contributed by atoms with Gasteiger partial charge in [-0.2, -0.15) is 0 Å². The second-order valence-corrected chi connectivity index (χ2v) is 6.90. The minimum atomic E-state index is -3.82. The number of primary sulfonamides is 1. The van der Waals surface area contributed by atoms with Gasteiger partial charge >= 0.3 is 5.97 Å². The highest BCUT2D eigenvalue weighted by atomic mass is 32.2. The summed E-state index contributed by atoms with van der Waals surface area (Å²) in [4.78, 5) is 15.0. The molecule has 0 saturated heterocycles. The van der Waals surface area contributed by atoms with Crippen LogP contribution in [0.4, 0.5) is 5.13 Å². The SMILES string of the molecule is Cc1nc(N[C@@H](C(=O)O)C(C)C)sc1S(N)(=O)=O. The maximum absolute atomic E-state index is 11.2. The number of hydrogen-bond donors (Lipinski definition) is 3. The van der Waals surface area contributed by atoms with E-state index in [0.29, 0.717) is 0 Å². The Balaban J connectivity index is 3.03. The smallest absolute Gasteiger partial charge is 0.326 e. The number of anilines is 1. The summed E-state index contributed by atoms with van der Waals surface area (Å²) in [7, 11) is -3.82. The molecule has 1 atom stereocenters. The summed E-state index contributed by atoms with van der Waals surface area (Å²) in [6.45, 7) is 4.99. The largest absolute Gasteiger partial charge is 0.480 e. The summed E-state index contributed by atoms with van der Waals surface area (Å²) in [5, 5.41) is 17.0. The Labute approximate surface area is 109 Å². The van der Waals surface area contributed by atoms with E-state index < -0.39 is 22.0 Å². The number of carboxylic acid groups (broad SMARTS) is 1. The molecule has 0 amide bonds. The van der Waals surface area contributed by atoms with Gasteiger partial charge in [0.15, 0.2) is 9.34 Å². The first kappa shape index (κ1) is 14.9. The second-order valence-electron chi connectivity index (χ2n) is 4.14. The van der Waals surface area contributed by atoms with E-state index in [-0.39, 0.29) is 21.0 Å². The number of carboxylic acids is 1. The Morgan fingerprint density at radius 1 is 1.50 bits per heavy atom. The lowest BCUT2D eigenvalue weighted by Crippen LogP contribution is -2.34. The van der Waals surface area contributed by atoms with Crippen LogP contribution in [0.5, 0.6) is 0 Å². The minimum Gasteiger partial charge on any atom is -0.480 e. The van der Waals surface area contributed by atoms with Crippen LogP contribution in [0.2, 0.25) is 0 Å². The molecular weight excluding hydrogens is 278 g/mol. The zero-order valence-corrected chi connectivity index (χ0v) is 11.8. The summed E-state index contributed by atoms with van der Waals surface area (Å²) >= 11 is 0.831. The first-order chi connectivity index (χ1) is 8.12. The van der Waals surface area contributed by atoms with Gasteiger partial charge in [-0.05, 0) is 12.8 Å². The average molecular weight is 293 g/mol. The lowest BCUT2D eigenvalue weighted by molar-refractivity contribution is -0.138. The van der Waals surface area contributed by atoms with Crippen molar-refractivity contribution in [3.63, 3.8) is 0 Å². The number of aromatic nitrogens is 1. The zero-order valence-electron chi connectivity index (χ0n) is 10.2. The Kier molecular flexibility index (Phi) is 4.30. The Bertz CT molecular complexity index is 550. The van der Waals surface area contributed by atoms with Crippen molar-refractivity contribution < 1.29 is 18.3 Å². The van der Waals surface area contributed by atoms with Crippen molar-refractivity contribution in [1.29, 1.82) is 0 Å². The number of nitrogens with one attached hydrogen (secondary N) is 1. The maximum atomic E-state index is 11.2. The van der Waals surface area contributed by atoms with E-state index in [1.165, 1.54) is 6.92 Å². The van der Waals surface area contributed by atoms with Crippen LogP contribution in [0.15, 0.2) is 4.21 Å². The van der Waals surface area contributed by atoms with Crippen molar-refractivity contribution in [2.75, 3.05) is 5.32 Å². The molecule has 1 aromatic heterocycles. The Morgan fingerprint density at radius 2 is 2.06 bits per heavy atom. The summed E-state index contributed by atoms with van der Waals surface area (Å²) < 4.78 is 22.4. The zero-order chi connectivity index (χ0) is 14.1. The van der Waals surface area contributed by atoms with Crippen LogP contribution in [0.3, 0.4) is 0 Å². The fourth-order valence-electron chi connectivity index (χ4n) is 1.35. The van der Waals surface area contributed by atoms with Crippen LogP contribution in [-0.2, 0) is 14.8 Å². The van der Waals surface area contributed by atoms with Crippen LogP contribution in [0.1, 0.15) is 19.5 Å². The summed E-state index contributed by atoms with van der Waals surface area (Å²) in [5.74, 6) is -1.18. The predicted molar refractivity (Wildman–Crippen MR) is 68.1 cm³/mol. The van der Waals surface area contributed by atoms with Gasteiger partial charge in [0.2, 0.25) is 10.0 Å². The minimum absolute atomic E-state index is 0.0575. The van der Waals surface area contributed by atoms with E-state index in [2.05, 4.69) is 10.3 Å². The van der Waals surface area contributed by atoms with Crippen molar-refractivity contribution in [2.45, 2.75) is 31.0 Å². The molecule has 102 valence electrons. The molecular formula is C9H15N3O4S2. The topological polar surface area (TPSA) is 122 Å². The quantitative estimate of drug-likeness (QED) is 0.731. The third kappa shape index (κ3) is 3.40. The van der Waals surface area contributed by atoms with Gasteiger partial charge in [0, 0.05) is 0 Å². The number of sulfonamides is 1.